The fraction of sp³-hybridized carbons (Fsp3) is 0.500. The predicted octanol–water partition coefficient (Wildman–Crippen LogP) is 1.54. The van der Waals surface area contributed by atoms with E-state index in [1.807, 2.05) is 24.3 Å². The number of nitrogens with zero attached hydrogens (tertiary/aromatic N) is 1. The van der Waals surface area contributed by atoms with Gasteiger partial charge in [0.15, 0.2) is 11.5 Å². The largest absolute Gasteiger partial charge is 0.493 e. The highest BCUT2D eigenvalue weighted by atomic mass is 16.6. The number of carbonyl (C=O) groups excluding carboxylic acids is 1. The summed E-state index contributed by atoms with van der Waals surface area (Å²) in [4.78, 5) is 13.2. The van der Waals surface area contributed by atoms with E-state index in [0.29, 0.717) is 37.8 Å². The molecule has 1 aromatic carbocycles. The minimum Gasteiger partial charge on any atom is -0.493 e. The number of ether oxygens (including phenoxy) is 4. The Hall–Kier alpha value is -1.95. The van der Waals surface area contributed by atoms with Crippen LogP contribution in [0, 0.1) is 0 Å². The van der Waals surface area contributed by atoms with Gasteiger partial charge in [-0.15, -0.1) is 0 Å². The third-order valence-electron chi connectivity index (χ3n) is 2.99. The second-order valence-electron chi connectivity index (χ2n) is 4.41. The summed E-state index contributed by atoms with van der Waals surface area (Å²) < 4.78 is 20.9. The first kappa shape index (κ1) is 14.5. The number of para-hydroxylation sites is 2. The fourth-order valence-corrected chi connectivity index (χ4v) is 2.03. The van der Waals surface area contributed by atoms with Crippen molar-refractivity contribution in [1.82, 2.24) is 4.90 Å². The van der Waals surface area contributed by atoms with Gasteiger partial charge in [0.25, 0.3) is 0 Å². The molecule has 2 rings (SSSR count). The predicted molar refractivity (Wildman–Crippen MR) is 72.2 cm³/mol. The van der Waals surface area contributed by atoms with Crippen LogP contribution in [0.25, 0.3) is 0 Å². The summed E-state index contributed by atoms with van der Waals surface area (Å²) in [6, 6.07) is 7.40. The van der Waals surface area contributed by atoms with E-state index in [-0.39, 0.29) is 12.2 Å². The van der Waals surface area contributed by atoms with Crippen LogP contribution in [0.3, 0.4) is 0 Å². The molecular weight excluding hydrogens is 262 g/mol. The molecule has 6 nitrogen and oxygen atoms in total. The van der Waals surface area contributed by atoms with E-state index in [1.165, 1.54) is 0 Å². The zero-order valence-corrected chi connectivity index (χ0v) is 11.7. The molecule has 1 aromatic rings. The Labute approximate surface area is 118 Å². The smallest absolute Gasteiger partial charge is 0.410 e. The number of amides is 1. The topological polar surface area (TPSA) is 57.2 Å². The van der Waals surface area contributed by atoms with Crippen LogP contribution in [0.15, 0.2) is 24.3 Å². The van der Waals surface area contributed by atoms with Crippen LogP contribution in [0.1, 0.15) is 0 Å². The van der Waals surface area contributed by atoms with Gasteiger partial charge in [-0.05, 0) is 12.1 Å². The van der Waals surface area contributed by atoms with Gasteiger partial charge in [0.1, 0.15) is 12.7 Å². The molecule has 0 aromatic heterocycles. The molecule has 1 heterocycles. The normalized spacial score (nSPS) is 18.0. The van der Waals surface area contributed by atoms with Crippen molar-refractivity contribution in [2.75, 3.05) is 40.5 Å². The molecule has 0 aliphatic carbocycles. The van der Waals surface area contributed by atoms with Gasteiger partial charge >= 0.3 is 6.09 Å². The lowest BCUT2D eigenvalue weighted by atomic mass is 10.3. The zero-order chi connectivity index (χ0) is 14.4. The third-order valence-corrected chi connectivity index (χ3v) is 2.99. The lowest BCUT2D eigenvalue weighted by Crippen LogP contribution is -2.30. The molecule has 0 spiro atoms. The van der Waals surface area contributed by atoms with Crippen LogP contribution in [0.2, 0.25) is 0 Å². The van der Waals surface area contributed by atoms with Crippen molar-refractivity contribution in [1.29, 1.82) is 0 Å². The maximum Gasteiger partial charge on any atom is 0.410 e. The van der Waals surface area contributed by atoms with E-state index >= 15 is 0 Å². The summed E-state index contributed by atoms with van der Waals surface area (Å²) in [7, 11) is 3.18. The summed E-state index contributed by atoms with van der Waals surface area (Å²) >= 11 is 0. The van der Waals surface area contributed by atoms with E-state index in [4.69, 9.17) is 18.9 Å². The first-order valence-electron chi connectivity index (χ1n) is 6.45. The van der Waals surface area contributed by atoms with Crippen LogP contribution in [-0.2, 0) is 9.47 Å². The van der Waals surface area contributed by atoms with Gasteiger partial charge in [0, 0.05) is 7.11 Å². The fourth-order valence-electron chi connectivity index (χ4n) is 2.03. The Morgan fingerprint density at radius 3 is 2.75 bits per heavy atom. The quantitative estimate of drug-likeness (QED) is 0.759. The highest BCUT2D eigenvalue weighted by molar-refractivity contribution is 5.69. The average molecular weight is 281 g/mol. The summed E-state index contributed by atoms with van der Waals surface area (Å²) in [6.45, 7) is 1.80. The van der Waals surface area contributed by atoms with E-state index in [9.17, 15) is 4.79 Å². The number of cyclic esters (lactones) is 1. The Morgan fingerprint density at radius 1 is 1.30 bits per heavy atom. The first-order chi connectivity index (χ1) is 9.74. The standard InChI is InChI=1S/C14H19NO5/c1-17-10-11-9-15(14(16)20-11)7-8-19-13-6-4-3-5-12(13)18-2/h3-6,11H,7-10H2,1-2H3/t11-/m0/s1. The summed E-state index contributed by atoms with van der Waals surface area (Å²) in [6.07, 6.45) is -0.519. The molecule has 1 amide bonds. The molecule has 0 N–H and O–H groups in total. The van der Waals surface area contributed by atoms with E-state index < -0.39 is 0 Å². The minimum absolute atomic E-state index is 0.196. The molecule has 1 aliphatic rings. The molecular formula is C14H19NO5. The molecule has 0 bridgehead atoms. The summed E-state index contributed by atoms with van der Waals surface area (Å²) in [5, 5.41) is 0. The van der Waals surface area contributed by atoms with Gasteiger partial charge in [0.2, 0.25) is 0 Å². The summed E-state index contributed by atoms with van der Waals surface area (Å²) in [5.41, 5.74) is 0. The number of rotatable bonds is 7. The zero-order valence-electron chi connectivity index (χ0n) is 11.7. The lowest BCUT2D eigenvalue weighted by molar-refractivity contribution is 0.0714. The SMILES string of the molecule is COC[C@@H]1CN(CCOc2ccccc2OC)C(=O)O1. The van der Waals surface area contributed by atoms with Gasteiger partial charge in [0.05, 0.1) is 26.8 Å². The van der Waals surface area contributed by atoms with Crippen LogP contribution < -0.4 is 9.47 Å². The molecule has 1 fully saturated rings. The van der Waals surface area contributed by atoms with E-state index in [1.54, 1.807) is 19.1 Å². The van der Waals surface area contributed by atoms with Crippen molar-refractivity contribution in [2.24, 2.45) is 0 Å². The molecule has 20 heavy (non-hydrogen) atoms. The molecule has 0 unspecified atom stereocenters. The van der Waals surface area contributed by atoms with Gasteiger partial charge in [-0.2, -0.15) is 0 Å². The summed E-state index contributed by atoms with van der Waals surface area (Å²) in [5.74, 6) is 1.34. The Kier molecular flexibility index (Phi) is 5.06. The molecule has 0 saturated carbocycles. The monoisotopic (exact) mass is 281 g/mol. The Morgan fingerprint density at radius 2 is 2.05 bits per heavy atom. The Bertz CT molecular complexity index is 451. The van der Waals surface area contributed by atoms with Crippen molar-refractivity contribution >= 4 is 6.09 Å². The maximum atomic E-state index is 11.6. The third kappa shape index (κ3) is 3.54. The van der Waals surface area contributed by atoms with Crippen LogP contribution >= 0.6 is 0 Å². The minimum atomic E-state index is -0.323. The van der Waals surface area contributed by atoms with Gasteiger partial charge in [-0.25, -0.2) is 4.79 Å². The number of carbonyl (C=O) groups is 1. The van der Waals surface area contributed by atoms with Crippen molar-refractivity contribution in [3.05, 3.63) is 24.3 Å². The average Bonchev–Trinajstić information content (AvgIpc) is 2.80. The Balaban J connectivity index is 1.80. The second kappa shape index (κ2) is 7.00. The van der Waals surface area contributed by atoms with Crippen molar-refractivity contribution in [2.45, 2.75) is 6.10 Å². The van der Waals surface area contributed by atoms with Crippen LogP contribution in [0.4, 0.5) is 4.79 Å². The van der Waals surface area contributed by atoms with Crippen LogP contribution in [-0.4, -0.2) is 57.6 Å². The first-order valence-corrected chi connectivity index (χ1v) is 6.45. The highest BCUT2D eigenvalue weighted by Crippen LogP contribution is 2.25. The molecule has 6 heteroatoms. The number of hydrogen-bond donors (Lipinski definition) is 0. The molecule has 110 valence electrons. The van der Waals surface area contributed by atoms with Gasteiger partial charge in [-0.3, -0.25) is 0 Å². The highest BCUT2D eigenvalue weighted by Gasteiger charge is 2.30. The maximum absolute atomic E-state index is 11.6. The lowest BCUT2D eigenvalue weighted by Gasteiger charge is -2.14. The number of methoxy groups -OCH3 is 2. The molecule has 1 saturated heterocycles. The van der Waals surface area contributed by atoms with Gasteiger partial charge in [-0.1, -0.05) is 12.1 Å². The van der Waals surface area contributed by atoms with E-state index in [0.717, 1.165) is 0 Å². The van der Waals surface area contributed by atoms with Crippen LogP contribution in [0.5, 0.6) is 11.5 Å². The number of hydrogen-bond acceptors (Lipinski definition) is 5. The van der Waals surface area contributed by atoms with E-state index in [2.05, 4.69) is 0 Å². The van der Waals surface area contributed by atoms with Crippen molar-refractivity contribution in [3.8, 4) is 11.5 Å². The number of benzene rings is 1. The molecule has 1 aliphatic heterocycles. The molecule has 1 atom stereocenters. The van der Waals surface area contributed by atoms with Crippen molar-refractivity contribution < 1.29 is 23.7 Å². The van der Waals surface area contributed by atoms with Gasteiger partial charge < -0.3 is 23.8 Å². The second-order valence-corrected chi connectivity index (χ2v) is 4.41. The van der Waals surface area contributed by atoms with Crippen molar-refractivity contribution in [3.63, 3.8) is 0 Å². The molecule has 0 radical (unpaired) electrons.